The van der Waals surface area contributed by atoms with E-state index in [9.17, 15) is 4.79 Å². The quantitative estimate of drug-likeness (QED) is 0.685. The lowest BCUT2D eigenvalue weighted by atomic mass is 10.00. The third-order valence-electron chi connectivity index (χ3n) is 3.39. The summed E-state index contributed by atoms with van der Waals surface area (Å²) >= 11 is 0. The summed E-state index contributed by atoms with van der Waals surface area (Å²) in [5, 5.41) is 2.99. The van der Waals surface area contributed by atoms with Crippen LogP contribution in [0.4, 0.5) is 0 Å². The Bertz CT molecular complexity index is 517. The van der Waals surface area contributed by atoms with Crippen LogP contribution in [0.2, 0.25) is 0 Å². The van der Waals surface area contributed by atoms with E-state index in [1.807, 2.05) is 34.6 Å². The zero-order valence-corrected chi connectivity index (χ0v) is 15.4. The van der Waals surface area contributed by atoms with Crippen LogP contribution in [-0.2, 0) is 0 Å². The molecule has 0 aliphatic rings. The van der Waals surface area contributed by atoms with Crippen molar-refractivity contribution in [2.24, 2.45) is 5.73 Å². The van der Waals surface area contributed by atoms with E-state index >= 15 is 0 Å². The predicted molar refractivity (Wildman–Crippen MR) is 95.2 cm³/mol. The van der Waals surface area contributed by atoms with Gasteiger partial charge in [0.25, 0.3) is 5.91 Å². The van der Waals surface area contributed by atoms with Crippen LogP contribution in [0.1, 0.15) is 51.4 Å². The van der Waals surface area contributed by atoms with Gasteiger partial charge in [-0.15, -0.1) is 0 Å². The summed E-state index contributed by atoms with van der Waals surface area (Å²) in [5.41, 5.74) is 5.68. The van der Waals surface area contributed by atoms with Gasteiger partial charge in [0.2, 0.25) is 5.75 Å². The van der Waals surface area contributed by atoms with E-state index in [-0.39, 0.29) is 11.4 Å². The Morgan fingerprint density at radius 1 is 1.04 bits per heavy atom. The maximum Gasteiger partial charge on any atom is 0.251 e. The van der Waals surface area contributed by atoms with Crippen molar-refractivity contribution in [2.45, 2.75) is 46.6 Å². The molecule has 0 bridgehead atoms. The second-order valence-electron chi connectivity index (χ2n) is 5.98. The number of nitrogens with one attached hydrogen (secondary N) is 1. The number of hydrogen-bond acceptors (Lipinski definition) is 5. The first-order valence-corrected chi connectivity index (χ1v) is 8.47. The molecule has 0 unspecified atom stereocenters. The van der Waals surface area contributed by atoms with Crippen molar-refractivity contribution in [1.82, 2.24) is 5.32 Å². The minimum Gasteiger partial charge on any atom is -0.490 e. The first-order valence-electron chi connectivity index (χ1n) is 8.47. The molecular formula is C18H30N2O4. The molecule has 1 rings (SSSR count). The van der Waals surface area contributed by atoms with Crippen LogP contribution in [0.25, 0.3) is 0 Å². The maximum absolute atomic E-state index is 12.6. The van der Waals surface area contributed by atoms with Crippen molar-refractivity contribution in [2.75, 3.05) is 26.4 Å². The van der Waals surface area contributed by atoms with E-state index in [1.165, 1.54) is 0 Å². The second-order valence-corrected chi connectivity index (χ2v) is 5.98. The molecule has 1 aromatic rings. The fourth-order valence-electron chi connectivity index (χ4n) is 2.32. The largest absolute Gasteiger partial charge is 0.490 e. The Kier molecular flexibility index (Phi) is 7.85. The summed E-state index contributed by atoms with van der Waals surface area (Å²) in [4.78, 5) is 12.6. The summed E-state index contributed by atoms with van der Waals surface area (Å²) in [7, 11) is 0. The third kappa shape index (κ3) is 5.60. The lowest BCUT2D eigenvalue weighted by Gasteiger charge is -2.26. The number of rotatable bonds is 10. The van der Waals surface area contributed by atoms with Crippen LogP contribution in [0.3, 0.4) is 0 Å². The molecule has 1 aromatic carbocycles. The number of carbonyl (C=O) groups is 1. The van der Waals surface area contributed by atoms with Gasteiger partial charge in [0.15, 0.2) is 11.5 Å². The first kappa shape index (κ1) is 20.1. The molecule has 0 saturated carbocycles. The molecule has 24 heavy (non-hydrogen) atoms. The van der Waals surface area contributed by atoms with E-state index in [2.05, 4.69) is 5.32 Å². The average Bonchev–Trinajstić information content (AvgIpc) is 2.50. The smallest absolute Gasteiger partial charge is 0.251 e. The lowest BCUT2D eigenvalue weighted by molar-refractivity contribution is 0.0909. The molecule has 0 fully saturated rings. The van der Waals surface area contributed by atoms with E-state index in [0.717, 1.165) is 0 Å². The normalized spacial score (nSPS) is 11.1. The zero-order chi connectivity index (χ0) is 18.2. The molecule has 0 spiro atoms. The van der Waals surface area contributed by atoms with Gasteiger partial charge in [-0.05, 0) is 59.7 Å². The molecule has 0 aliphatic heterocycles. The minimum atomic E-state index is -0.387. The van der Waals surface area contributed by atoms with Crippen molar-refractivity contribution in [3.05, 3.63) is 17.7 Å². The average molecular weight is 338 g/mol. The second kappa shape index (κ2) is 9.37. The molecule has 136 valence electrons. The third-order valence-corrected chi connectivity index (χ3v) is 3.39. The Hall–Kier alpha value is -1.95. The highest BCUT2D eigenvalue weighted by molar-refractivity contribution is 5.96. The fourth-order valence-corrected chi connectivity index (χ4v) is 2.32. The number of nitrogens with two attached hydrogens (primary N) is 1. The topological polar surface area (TPSA) is 82.8 Å². The van der Waals surface area contributed by atoms with Crippen LogP contribution < -0.4 is 25.3 Å². The molecule has 0 heterocycles. The molecule has 0 aliphatic carbocycles. The van der Waals surface area contributed by atoms with Gasteiger partial charge in [-0.25, -0.2) is 0 Å². The number of ether oxygens (including phenoxy) is 3. The van der Waals surface area contributed by atoms with Gasteiger partial charge in [-0.1, -0.05) is 0 Å². The van der Waals surface area contributed by atoms with Crippen molar-refractivity contribution in [3.63, 3.8) is 0 Å². The Morgan fingerprint density at radius 2 is 1.54 bits per heavy atom. The fraction of sp³-hybridized carbons (Fsp3) is 0.611. The number of amides is 1. The highest BCUT2D eigenvalue weighted by Gasteiger charge is 2.23. The molecule has 3 N–H and O–H groups in total. The SMILES string of the molecule is CCOc1cc(C(=O)NC(C)(C)CCN)cc(OCC)c1OCC. The predicted octanol–water partition coefficient (Wildman–Crippen LogP) is 2.74. The highest BCUT2D eigenvalue weighted by Crippen LogP contribution is 2.39. The van der Waals surface area contributed by atoms with Crippen molar-refractivity contribution in [1.29, 1.82) is 0 Å². The molecule has 6 heteroatoms. The van der Waals surface area contributed by atoms with Gasteiger partial charge in [-0.2, -0.15) is 0 Å². The molecule has 0 saturated heterocycles. The van der Waals surface area contributed by atoms with Crippen molar-refractivity contribution in [3.8, 4) is 17.2 Å². The van der Waals surface area contributed by atoms with Crippen LogP contribution in [0.5, 0.6) is 17.2 Å². The summed E-state index contributed by atoms with van der Waals surface area (Å²) in [6, 6.07) is 3.37. The molecule has 0 radical (unpaired) electrons. The highest BCUT2D eigenvalue weighted by atomic mass is 16.5. The molecule has 1 amide bonds. The number of hydrogen-bond donors (Lipinski definition) is 2. The van der Waals surface area contributed by atoms with E-state index in [4.69, 9.17) is 19.9 Å². The van der Waals surface area contributed by atoms with Gasteiger partial charge in [0, 0.05) is 11.1 Å². The van der Waals surface area contributed by atoms with Crippen molar-refractivity contribution < 1.29 is 19.0 Å². The number of carbonyl (C=O) groups excluding carboxylic acids is 1. The minimum absolute atomic E-state index is 0.196. The Morgan fingerprint density at radius 3 is 1.96 bits per heavy atom. The summed E-state index contributed by atoms with van der Waals surface area (Å²) in [5.74, 6) is 1.34. The summed E-state index contributed by atoms with van der Waals surface area (Å²) < 4.78 is 16.9. The van der Waals surface area contributed by atoms with Crippen molar-refractivity contribution >= 4 is 5.91 Å². The van der Waals surface area contributed by atoms with Gasteiger partial charge in [-0.3, -0.25) is 4.79 Å². The van der Waals surface area contributed by atoms with E-state index in [0.29, 0.717) is 55.6 Å². The number of benzene rings is 1. The monoisotopic (exact) mass is 338 g/mol. The molecule has 6 nitrogen and oxygen atoms in total. The Labute approximate surface area is 144 Å². The van der Waals surface area contributed by atoms with Crippen LogP contribution in [0.15, 0.2) is 12.1 Å². The summed E-state index contributed by atoms with van der Waals surface area (Å²) in [6.45, 7) is 11.5. The first-order chi connectivity index (χ1) is 11.4. The van der Waals surface area contributed by atoms with Gasteiger partial charge >= 0.3 is 0 Å². The van der Waals surface area contributed by atoms with Gasteiger partial charge in [0.1, 0.15) is 0 Å². The standard InChI is InChI=1S/C18H30N2O4/c1-6-22-14-11-13(17(21)20-18(4,5)9-10-19)12-15(23-7-2)16(14)24-8-3/h11-12H,6-10,19H2,1-5H3,(H,20,21). The molecule has 0 atom stereocenters. The van der Waals surface area contributed by atoms with Gasteiger partial charge in [0.05, 0.1) is 19.8 Å². The lowest BCUT2D eigenvalue weighted by Crippen LogP contribution is -2.44. The molecule has 0 aromatic heterocycles. The van der Waals surface area contributed by atoms with Crippen LogP contribution >= 0.6 is 0 Å². The van der Waals surface area contributed by atoms with E-state index in [1.54, 1.807) is 12.1 Å². The van der Waals surface area contributed by atoms with Gasteiger partial charge < -0.3 is 25.3 Å². The zero-order valence-electron chi connectivity index (χ0n) is 15.4. The maximum atomic E-state index is 12.6. The van der Waals surface area contributed by atoms with E-state index < -0.39 is 0 Å². The van der Waals surface area contributed by atoms with Crippen LogP contribution in [-0.4, -0.2) is 37.8 Å². The molecular weight excluding hydrogens is 308 g/mol. The summed E-state index contributed by atoms with van der Waals surface area (Å²) in [6.07, 6.45) is 0.687. The van der Waals surface area contributed by atoms with Crippen LogP contribution in [0, 0.1) is 0 Å². The Balaban J connectivity index is 3.20.